The van der Waals surface area contributed by atoms with Crippen LogP contribution in [0.15, 0.2) is 18.2 Å². The van der Waals surface area contributed by atoms with Crippen molar-refractivity contribution in [2.45, 2.75) is 44.9 Å². The Morgan fingerprint density at radius 2 is 2.06 bits per heavy atom. The summed E-state index contributed by atoms with van der Waals surface area (Å²) >= 11 is 11.9. The number of ether oxygens (including phenoxy) is 1. The molecule has 0 heterocycles. The van der Waals surface area contributed by atoms with Gasteiger partial charge in [0.25, 0.3) is 0 Å². The standard InChI is InChI=1S/C14H19Cl2NO/c1-3-18-12-7-11(8-12)17-9(2)10-4-5-13(15)14(16)6-10/h4-6,9,11-12,17H,3,7-8H2,1-2H3. The van der Waals surface area contributed by atoms with Crippen LogP contribution in [-0.4, -0.2) is 18.8 Å². The molecule has 1 aromatic rings. The molecule has 0 aromatic heterocycles. The van der Waals surface area contributed by atoms with Crippen LogP contribution < -0.4 is 5.32 Å². The molecule has 1 aromatic carbocycles. The lowest BCUT2D eigenvalue weighted by Gasteiger charge is -2.37. The Morgan fingerprint density at radius 3 is 2.67 bits per heavy atom. The topological polar surface area (TPSA) is 21.3 Å². The van der Waals surface area contributed by atoms with Crippen molar-refractivity contribution in [3.8, 4) is 0 Å². The monoisotopic (exact) mass is 287 g/mol. The molecule has 1 aliphatic rings. The third-order valence-corrected chi connectivity index (χ3v) is 4.17. The number of hydrogen-bond donors (Lipinski definition) is 1. The molecule has 1 fully saturated rings. The predicted octanol–water partition coefficient (Wildman–Crippen LogP) is 4.21. The van der Waals surface area contributed by atoms with E-state index in [0.717, 1.165) is 19.4 Å². The maximum absolute atomic E-state index is 6.03. The second kappa shape index (κ2) is 6.25. The van der Waals surface area contributed by atoms with Crippen LogP contribution in [0.2, 0.25) is 10.0 Å². The summed E-state index contributed by atoms with van der Waals surface area (Å²) in [6.07, 6.45) is 2.63. The fourth-order valence-corrected chi connectivity index (χ4v) is 2.61. The lowest BCUT2D eigenvalue weighted by atomic mass is 9.88. The Bertz CT molecular complexity index is 405. The molecule has 0 amide bonds. The van der Waals surface area contributed by atoms with E-state index in [1.165, 1.54) is 5.56 Å². The van der Waals surface area contributed by atoms with Gasteiger partial charge in [-0.15, -0.1) is 0 Å². The molecule has 1 N–H and O–H groups in total. The molecule has 0 aliphatic heterocycles. The summed E-state index contributed by atoms with van der Waals surface area (Å²) in [6, 6.07) is 6.63. The Hall–Kier alpha value is -0.280. The van der Waals surface area contributed by atoms with Gasteiger partial charge in [-0.3, -0.25) is 0 Å². The summed E-state index contributed by atoms with van der Waals surface area (Å²) in [5.41, 5.74) is 1.17. The van der Waals surface area contributed by atoms with Crippen LogP contribution in [0.25, 0.3) is 0 Å². The average Bonchev–Trinajstić information content (AvgIpc) is 2.30. The fourth-order valence-electron chi connectivity index (χ4n) is 2.31. The Morgan fingerprint density at radius 1 is 1.33 bits per heavy atom. The average molecular weight is 288 g/mol. The second-order valence-electron chi connectivity index (χ2n) is 4.81. The molecule has 1 saturated carbocycles. The second-order valence-corrected chi connectivity index (χ2v) is 5.62. The van der Waals surface area contributed by atoms with Gasteiger partial charge in [-0.25, -0.2) is 0 Å². The van der Waals surface area contributed by atoms with Crippen LogP contribution in [0.1, 0.15) is 38.3 Å². The van der Waals surface area contributed by atoms with E-state index in [9.17, 15) is 0 Å². The minimum atomic E-state index is 0.285. The molecule has 1 aliphatic carbocycles. The SMILES string of the molecule is CCOC1CC(NC(C)c2ccc(Cl)c(Cl)c2)C1. The van der Waals surface area contributed by atoms with Crippen LogP contribution in [0.4, 0.5) is 0 Å². The first kappa shape index (κ1) is 14.1. The summed E-state index contributed by atoms with van der Waals surface area (Å²) in [7, 11) is 0. The van der Waals surface area contributed by atoms with Crippen molar-refractivity contribution >= 4 is 23.2 Å². The van der Waals surface area contributed by atoms with Gasteiger partial charge in [0.1, 0.15) is 0 Å². The van der Waals surface area contributed by atoms with Gasteiger partial charge < -0.3 is 10.1 Å². The summed E-state index contributed by atoms with van der Waals surface area (Å²) in [6.45, 7) is 4.99. The molecule has 0 saturated heterocycles. The molecule has 1 unspecified atom stereocenters. The molecule has 100 valence electrons. The highest BCUT2D eigenvalue weighted by atomic mass is 35.5. The lowest BCUT2D eigenvalue weighted by Crippen LogP contribution is -2.46. The van der Waals surface area contributed by atoms with Crippen LogP contribution in [0.3, 0.4) is 0 Å². The zero-order valence-electron chi connectivity index (χ0n) is 10.7. The van der Waals surface area contributed by atoms with E-state index in [0.29, 0.717) is 22.2 Å². The molecular weight excluding hydrogens is 269 g/mol. The van der Waals surface area contributed by atoms with Gasteiger partial charge >= 0.3 is 0 Å². The van der Waals surface area contributed by atoms with E-state index >= 15 is 0 Å². The van der Waals surface area contributed by atoms with Crippen LogP contribution in [0.5, 0.6) is 0 Å². The third-order valence-electron chi connectivity index (χ3n) is 3.43. The lowest BCUT2D eigenvalue weighted by molar-refractivity contribution is -0.0120. The Balaban J connectivity index is 1.85. The van der Waals surface area contributed by atoms with E-state index in [1.807, 2.05) is 25.1 Å². The molecule has 1 atom stereocenters. The smallest absolute Gasteiger partial charge is 0.0604 e. The van der Waals surface area contributed by atoms with E-state index in [2.05, 4.69) is 12.2 Å². The molecule has 0 spiro atoms. The number of nitrogens with one attached hydrogen (secondary N) is 1. The summed E-state index contributed by atoms with van der Waals surface area (Å²) < 4.78 is 5.55. The molecule has 0 bridgehead atoms. The molecule has 4 heteroatoms. The van der Waals surface area contributed by atoms with Crippen LogP contribution in [-0.2, 0) is 4.74 Å². The number of rotatable bonds is 5. The van der Waals surface area contributed by atoms with Gasteiger partial charge in [0.05, 0.1) is 16.1 Å². The maximum atomic E-state index is 6.03. The van der Waals surface area contributed by atoms with Gasteiger partial charge in [0, 0.05) is 18.7 Å². The third kappa shape index (κ3) is 3.39. The fraction of sp³-hybridized carbons (Fsp3) is 0.571. The van der Waals surface area contributed by atoms with E-state index in [-0.39, 0.29) is 6.04 Å². The first-order chi connectivity index (χ1) is 8.60. The number of halogens is 2. The zero-order valence-corrected chi connectivity index (χ0v) is 12.3. The van der Waals surface area contributed by atoms with Crippen LogP contribution >= 0.6 is 23.2 Å². The van der Waals surface area contributed by atoms with Crippen molar-refractivity contribution in [3.05, 3.63) is 33.8 Å². The van der Waals surface area contributed by atoms with Gasteiger partial charge in [0.15, 0.2) is 0 Å². The minimum absolute atomic E-state index is 0.285. The molecule has 0 radical (unpaired) electrons. The van der Waals surface area contributed by atoms with Crippen LogP contribution in [0, 0.1) is 0 Å². The van der Waals surface area contributed by atoms with Crippen molar-refractivity contribution in [2.75, 3.05) is 6.61 Å². The minimum Gasteiger partial charge on any atom is -0.378 e. The first-order valence-corrected chi connectivity index (χ1v) is 7.18. The molecule has 18 heavy (non-hydrogen) atoms. The first-order valence-electron chi connectivity index (χ1n) is 6.42. The Kier molecular flexibility index (Phi) is 4.91. The summed E-state index contributed by atoms with van der Waals surface area (Å²) in [4.78, 5) is 0. The van der Waals surface area contributed by atoms with E-state index in [1.54, 1.807) is 0 Å². The molecular formula is C14H19Cl2NO. The normalized spacial score (nSPS) is 24.7. The quantitative estimate of drug-likeness (QED) is 0.876. The van der Waals surface area contributed by atoms with Gasteiger partial charge in [-0.1, -0.05) is 29.3 Å². The summed E-state index contributed by atoms with van der Waals surface area (Å²) in [5.74, 6) is 0. The highest BCUT2D eigenvalue weighted by molar-refractivity contribution is 6.42. The highest BCUT2D eigenvalue weighted by Crippen LogP contribution is 2.29. The van der Waals surface area contributed by atoms with Gasteiger partial charge in [0.2, 0.25) is 0 Å². The largest absolute Gasteiger partial charge is 0.378 e. The van der Waals surface area contributed by atoms with Gasteiger partial charge in [-0.2, -0.15) is 0 Å². The van der Waals surface area contributed by atoms with Gasteiger partial charge in [-0.05, 0) is 44.4 Å². The maximum Gasteiger partial charge on any atom is 0.0604 e. The van der Waals surface area contributed by atoms with E-state index < -0.39 is 0 Å². The summed E-state index contributed by atoms with van der Waals surface area (Å²) in [5, 5.41) is 4.80. The number of benzene rings is 1. The molecule has 2 nitrogen and oxygen atoms in total. The number of hydrogen-bond acceptors (Lipinski definition) is 2. The molecule has 2 rings (SSSR count). The highest BCUT2D eigenvalue weighted by Gasteiger charge is 2.30. The predicted molar refractivity (Wildman–Crippen MR) is 76.4 cm³/mol. The van der Waals surface area contributed by atoms with E-state index in [4.69, 9.17) is 27.9 Å². The Labute approximate surface area is 119 Å². The van der Waals surface area contributed by atoms with Crippen molar-refractivity contribution in [3.63, 3.8) is 0 Å². The van der Waals surface area contributed by atoms with Crippen molar-refractivity contribution < 1.29 is 4.74 Å². The van der Waals surface area contributed by atoms with Crippen molar-refractivity contribution in [1.82, 2.24) is 5.32 Å². The van der Waals surface area contributed by atoms with Crippen molar-refractivity contribution in [1.29, 1.82) is 0 Å². The van der Waals surface area contributed by atoms with Crippen molar-refractivity contribution in [2.24, 2.45) is 0 Å². The zero-order chi connectivity index (χ0) is 13.1.